The highest BCUT2D eigenvalue weighted by atomic mass is 32.2. The van der Waals surface area contributed by atoms with Gasteiger partial charge in [0.2, 0.25) is 11.8 Å². The molecule has 2 aromatic heterocycles. The maximum Gasteiger partial charge on any atom is 0.240 e. The zero-order valence-electron chi connectivity index (χ0n) is 24.0. The van der Waals surface area contributed by atoms with E-state index in [0.717, 1.165) is 39.5 Å². The second-order valence-electron chi connectivity index (χ2n) is 11.1. The van der Waals surface area contributed by atoms with Crippen molar-refractivity contribution >= 4 is 29.4 Å². The van der Waals surface area contributed by atoms with Crippen molar-refractivity contribution in [2.24, 2.45) is 0 Å². The van der Waals surface area contributed by atoms with Crippen LogP contribution in [0.25, 0.3) is 5.69 Å². The van der Waals surface area contributed by atoms with Gasteiger partial charge in [0.05, 0.1) is 41.7 Å². The summed E-state index contributed by atoms with van der Waals surface area (Å²) >= 11 is 1.58. The first-order valence-corrected chi connectivity index (χ1v) is 14.6. The highest BCUT2D eigenvalue weighted by Gasteiger charge is 2.40. The molecule has 2 amide bonds. The van der Waals surface area contributed by atoms with Gasteiger partial charge >= 0.3 is 0 Å². The van der Waals surface area contributed by atoms with Gasteiger partial charge in [0, 0.05) is 17.2 Å². The summed E-state index contributed by atoms with van der Waals surface area (Å²) < 4.78 is 7.20. The quantitative estimate of drug-likeness (QED) is 0.322. The standard InChI is InChI=1S/C32H35N5O3S/c1-21-9-8-10-22(17-21)29-28-30(32(2,3)4)35-37(24-12-14-25(40-5)15-13-24)31(28)36(27(39)20-41-29)19-26(38)34-18-23-11-6-7-16-33-23/h6-17,29H,18-20H2,1-5H3,(H,34,38). The van der Waals surface area contributed by atoms with Crippen molar-refractivity contribution < 1.29 is 14.3 Å². The van der Waals surface area contributed by atoms with E-state index in [1.807, 2.05) is 53.2 Å². The SMILES string of the molecule is COc1ccc(-n2nc(C(C)(C)C)c3c2N(CC(=O)NCc2ccccn2)C(=O)CSC3c2cccc(C)c2)cc1. The Labute approximate surface area is 245 Å². The highest BCUT2D eigenvalue weighted by molar-refractivity contribution is 8.00. The zero-order chi connectivity index (χ0) is 29.1. The van der Waals surface area contributed by atoms with E-state index in [9.17, 15) is 9.59 Å². The summed E-state index contributed by atoms with van der Waals surface area (Å²) in [6.45, 7) is 8.60. The van der Waals surface area contributed by atoms with Crippen molar-refractivity contribution in [3.8, 4) is 11.4 Å². The minimum Gasteiger partial charge on any atom is -0.497 e. The maximum absolute atomic E-state index is 13.8. The second kappa shape index (κ2) is 11.8. The lowest BCUT2D eigenvalue weighted by Crippen LogP contribution is -2.42. The lowest BCUT2D eigenvalue weighted by atomic mass is 9.87. The molecule has 4 aromatic rings. The number of carbonyl (C=O) groups excluding carboxylic acids is 2. The summed E-state index contributed by atoms with van der Waals surface area (Å²) in [6, 6.07) is 21.5. The Kier molecular flexibility index (Phi) is 8.17. The third-order valence-corrected chi connectivity index (χ3v) is 8.21. The molecule has 1 atom stereocenters. The molecule has 0 fully saturated rings. The van der Waals surface area contributed by atoms with E-state index in [4.69, 9.17) is 9.84 Å². The van der Waals surface area contributed by atoms with E-state index < -0.39 is 0 Å². The second-order valence-corrected chi connectivity index (χ2v) is 12.2. The summed E-state index contributed by atoms with van der Waals surface area (Å²) in [4.78, 5) is 33.0. The van der Waals surface area contributed by atoms with Crippen LogP contribution in [0.5, 0.6) is 5.75 Å². The Balaban J connectivity index is 1.65. The van der Waals surface area contributed by atoms with Gasteiger partial charge < -0.3 is 10.1 Å². The number of benzene rings is 2. The number of anilines is 1. The summed E-state index contributed by atoms with van der Waals surface area (Å²) in [5.74, 6) is 1.16. The number of ether oxygens (including phenoxy) is 1. The molecule has 1 N–H and O–H groups in total. The van der Waals surface area contributed by atoms with E-state index in [0.29, 0.717) is 5.82 Å². The van der Waals surface area contributed by atoms with Gasteiger partial charge in [-0.1, -0.05) is 56.7 Å². The van der Waals surface area contributed by atoms with E-state index >= 15 is 0 Å². The van der Waals surface area contributed by atoms with Crippen LogP contribution in [0.2, 0.25) is 0 Å². The molecule has 9 heteroatoms. The molecule has 0 radical (unpaired) electrons. The fraction of sp³-hybridized carbons (Fsp3) is 0.312. The van der Waals surface area contributed by atoms with Gasteiger partial charge in [0.1, 0.15) is 18.1 Å². The fourth-order valence-corrected chi connectivity index (χ4v) is 6.15. The third kappa shape index (κ3) is 6.15. The predicted molar refractivity (Wildman–Crippen MR) is 163 cm³/mol. The van der Waals surface area contributed by atoms with E-state index in [1.165, 1.54) is 0 Å². The molecule has 1 aliphatic heterocycles. The Morgan fingerprint density at radius 3 is 2.54 bits per heavy atom. The van der Waals surface area contributed by atoms with Crippen molar-refractivity contribution in [1.82, 2.24) is 20.1 Å². The highest BCUT2D eigenvalue weighted by Crippen LogP contribution is 2.48. The molecule has 212 valence electrons. The molecule has 0 saturated carbocycles. The number of fused-ring (bicyclic) bond motifs is 1. The van der Waals surface area contributed by atoms with E-state index in [1.54, 1.807) is 30.0 Å². The molecular formula is C32H35N5O3S. The summed E-state index contributed by atoms with van der Waals surface area (Å²) in [5.41, 5.74) is 5.28. The van der Waals surface area contributed by atoms with Gasteiger partial charge in [-0.05, 0) is 48.9 Å². The molecule has 0 saturated heterocycles. The number of pyridine rings is 1. The molecule has 8 nitrogen and oxygen atoms in total. The zero-order valence-corrected chi connectivity index (χ0v) is 24.9. The molecule has 1 aliphatic rings. The maximum atomic E-state index is 13.8. The molecule has 41 heavy (non-hydrogen) atoms. The van der Waals surface area contributed by atoms with Gasteiger partial charge in [-0.2, -0.15) is 5.10 Å². The Morgan fingerprint density at radius 1 is 1.10 bits per heavy atom. The fourth-order valence-electron chi connectivity index (χ4n) is 4.96. The molecular weight excluding hydrogens is 534 g/mol. The van der Waals surface area contributed by atoms with E-state index in [2.05, 4.69) is 56.2 Å². The number of aromatic nitrogens is 3. The molecule has 0 spiro atoms. The van der Waals surface area contributed by atoms with Crippen LogP contribution in [-0.4, -0.2) is 46.0 Å². The van der Waals surface area contributed by atoms with E-state index in [-0.39, 0.29) is 41.3 Å². The molecule has 0 aliphatic carbocycles. The lowest BCUT2D eigenvalue weighted by Gasteiger charge is -2.24. The average molecular weight is 570 g/mol. The first-order chi connectivity index (χ1) is 19.7. The molecule has 5 rings (SSSR count). The van der Waals surface area contributed by atoms with Gasteiger partial charge in [0.25, 0.3) is 0 Å². The van der Waals surface area contributed by atoms with Gasteiger partial charge in [-0.3, -0.25) is 19.5 Å². The van der Waals surface area contributed by atoms with Crippen LogP contribution >= 0.6 is 11.8 Å². The molecule has 3 heterocycles. The third-order valence-electron chi connectivity index (χ3n) is 6.96. The van der Waals surface area contributed by atoms with Crippen molar-refractivity contribution in [1.29, 1.82) is 0 Å². The van der Waals surface area contributed by atoms with Crippen molar-refractivity contribution in [2.45, 2.75) is 44.9 Å². The number of amides is 2. The first-order valence-electron chi connectivity index (χ1n) is 13.6. The summed E-state index contributed by atoms with van der Waals surface area (Å²) in [7, 11) is 1.63. The van der Waals surface area contributed by atoms with Crippen molar-refractivity contribution in [3.63, 3.8) is 0 Å². The Bertz CT molecular complexity index is 1540. The van der Waals surface area contributed by atoms with Gasteiger partial charge in [0.15, 0.2) is 0 Å². The number of carbonyl (C=O) groups is 2. The number of hydrogen-bond acceptors (Lipinski definition) is 6. The number of nitrogens with zero attached hydrogens (tertiary/aromatic N) is 4. The number of thioether (sulfide) groups is 1. The monoisotopic (exact) mass is 569 g/mol. The Morgan fingerprint density at radius 2 is 1.88 bits per heavy atom. The summed E-state index contributed by atoms with van der Waals surface area (Å²) in [6.07, 6.45) is 1.69. The van der Waals surface area contributed by atoms with Gasteiger partial charge in [-0.15, -0.1) is 11.8 Å². The number of aryl methyl sites for hydroxylation is 1. The minimum absolute atomic E-state index is 0.134. The number of methoxy groups -OCH3 is 1. The van der Waals surface area contributed by atoms with Crippen LogP contribution in [0.3, 0.4) is 0 Å². The molecule has 1 unspecified atom stereocenters. The van der Waals surface area contributed by atoms with Crippen LogP contribution in [0, 0.1) is 6.92 Å². The minimum atomic E-state index is -0.329. The van der Waals surface area contributed by atoms with Crippen LogP contribution in [0.15, 0.2) is 72.9 Å². The molecule has 0 bridgehead atoms. The van der Waals surface area contributed by atoms with Crippen LogP contribution < -0.4 is 15.0 Å². The normalized spacial score (nSPS) is 15.3. The van der Waals surface area contributed by atoms with Crippen molar-refractivity contribution in [2.75, 3.05) is 24.3 Å². The number of hydrogen-bond donors (Lipinski definition) is 1. The number of rotatable bonds is 7. The molecule has 2 aromatic carbocycles. The van der Waals surface area contributed by atoms with Crippen molar-refractivity contribution in [3.05, 3.63) is 101 Å². The predicted octanol–water partition coefficient (Wildman–Crippen LogP) is 5.37. The lowest BCUT2D eigenvalue weighted by molar-refractivity contribution is -0.123. The first kappa shape index (κ1) is 28.4. The van der Waals surface area contributed by atoms with Crippen LogP contribution in [0.4, 0.5) is 5.82 Å². The largest absolute Gasteiger partial charge is 0.497 e. The smallest absolute Gasteiger partial charge is 0.240 e. The average Bonchev–Trinajstić information content (AvgIpc) is 3.30. The number of nitrogens with one attached hydrogen (secondary N) is 1. The summed E-state index contributed by atoms with van der Waals surface area (Å²) in [5, 5.41) is 7.93. The van der Waals surface area contributed by atoms with Gasteiger partial charge in [-0.25, -0.2) is 4.68 Å². The Hall–Kier alpha value is -4.11. The topological polar surface area (TPSA) is 89.3 Å². The van der Waals surface area contributed by atoms with Crippen LogP contribution in [0.1, 0.15) is 54.1 Å². The van der Waals surface area contributed by atoms with Crippen LogP contribution in [-0.2, 0) is 21.5 Å².